The van der Waals surface area contributed by atoms with Gasteiger partial charge in [-0.3, -0.25) is 0 Å². The van der Waals surface area contributed by atoms with Crippen LogP contribution in [0.15, 0.2) is 0 Å². The van der Waals surface area contributed by atoms with Crippen LogP contribution in [0.5, 0.6) is 0 Å². The van der Waals surface area contributed by atoms with E-state index in [0.29, 0.717) is 19.1 Å². The highest BCUT2D eigenvalue weighted by molar-refractivity contribution is 6.44. The van der Waals surface area contributed by atoms with Crippen LogP contribution in [0.3, 0.4) is 0 Å². The Labute approximate surface area is 86.8 Å². The SMILES string of the molecule is C1COOOC1.ClC(Cl)C1COC1. The van der Waals surface area contributed by atoms with Crippen molar-refractivity contribution >= 4 is 23.2 Å². The molecule has 2 heterocycles. The molecule has 2 rings (SSSR count). The molecule has 0 saturated carbocycles. The van der Waals surface area contributed by atoms with E-state index < -0.39 is 0 Å². The molecule has 6 heteroatoms. The van der Waals surface area contributed by atoms with E-state index in [0.717, 1.165) is 19.6 Å². The summed E-state index contributed by atoms with van der Waals surface area (Å²) in [5, 5.41) is 4.07. The fourth-order valence-corrected chi connectivity index (χ4v) is 0.969. The Kier molecular flexibility index (Phi) is 6.02. The van der Waals surface area contributed by atoms with E-state index in [2.05, 4.69) is 14.8 Å². The molecular formula is C7H12Cl2O4. The number of rotatable bonds is 1. The van der Waals surface area contributed by atoms with Gasteiger partial charge in [0.05, 0.1) is 26.4 Å². The lowest BCUT2D eigenvalue weighted by Gasteiger charge is -2.26. The molecule has 13 heavy (non-hydrogen) atoms. The Morgan fingerprint density at radius 3 is 1.77 bits per heavy atom. The van der Waals surface area contributed by atoms with E-state index >= 15 is 0 Å². The van der Waals surface area contributed by atoms with E-state index in [1.165, 1.54) is 0 Å². The molecule has 0 aliphatic carbocycles. The first kappa shape index (κ1) is 11.5. The van der Waals surface area contributed by atoms with Gasteiger partial charge in [0.1, 0.15) is 4.84 Å². The Balaban J connectivity index is 0.000000132. The summed E-state index contributed by atoms with van der Waals surface area (Å²) in [6.07, 6.45) is 0.931. The summed E-state index contributed by atoms with van der Waals surface area (Å²) in [4.78, 5) is 8.47. The molecule has 0 aromatic heterocycles. The van der Waals surface area contributed by atoms with Crippen molar-refractivity contribution in [1.82, 2.24) is 0 Å². The predicted molar refractivity (Wildman–Crippen MR) is 47.4 cm³/mol. The Bertz CT molecular complexity index is 114. The topological polar surface area (TPSA) is 36.9 Å². The van der Waals surface area contributed by atoms with Crippen molar-refractivity contribution < 1.29 is 19.6 Å². The zero-order valence-corrected chi connectivity index (χ0v) is 8.59. The Hall–Kier alpha value is 0.420. The van der Waals surface area contributed by atoms with Crippen LogP contribution in [0.1, 0.15) is 6.42 Å². The van der Waals surface area contributed by atoms with E-state index in [1.807, 2.05) is 0 Å². The van der Waals surface area contributed by atoms with Crippen molar-refractivity contribution in [3.05, 3.63) is 0 Å². The van der Waals surface area contributed by atoms with Gasteiger partial charge in [-0.1, -0.05) is 5.04 Å². The summed E-state index contributed by atoms with van der Waals surface area (Å²) in [7, 11) is 0. The molecule has 0 amide bonds. The third-order valence-electron chi connectivity index (χ3n) is 1.57. The fraction of sp³-hybridized carbons (Fsp3) is 1.00. The minimum absolute atomic E-state index is 0.228. The molecule has 2 aliphatic heterocycles. The zero-order valence-electron chi connectivity index (χ0n) is 7.08. The van der Waals surface area contributed by atoms with Crippen molar-refractivity contribution in [2.75, 3.05) is 26.4 Å². The number of hydrogen-bond acceptors (Lipinski definition) is 4. The average Bonchev–Trinajstić information content (AvgIpc) is 2.04. The summed E-state index contributed by atoms with van der Waals surface area (Å²) in [5.41, 5.74) is 0. The van der Waals surface area contributed by atoms with Gasteiger partial charge in [0, 0.05) is 12.3 Å². The van der Waals surface area contributed by atoms with Gasteiger partial charge in [-0.05, 0) is 0 Å². The third-order valence-corrected chi connectivity index (χ3v) is 2.28. The molecule has 0 spiro atoms. The van der Waals surface area contributed by atoms with Crippen molar-refractivity contribution in [1.29, 1.82) is 0 Å². The lowest BCUT2D eigenvalue weighted by molar-refractivity contribution is -0.532. The molecule has 0 aromatic rings. The normalized spacial score (nSPS) is 23.3. The minimum Gasteiger partial charge on any atom is -0.380 e. The molecule has 78 valence electrons. The molecule has 0 atom stereocenters. The zero-order chi connectivity index (χ0) is 9.52. The molecule has 0 N–H and O–H groups in total. The monoisotopic (exact) mass is 230 g/mol. The molecule has 2 aliphatic rings. The third kappa shape index (κ3) is 5.00. The lowest BCUT2D eigenvalue weighted by Crippen LogP contribution is -2.32. The first-order chi connectivity index (χ1) is 6.30. The van der Waals surface area contributed by atoms with Crippen molar-refractivity contribution in [3.63, 3.8) is 0 Å². The van der Waals surface area contributed by atoms with Gasteiger partial charge in [0.25, 0.3) is 0 Å². The Morgan fingerprint density at radius 2 is 1.69 bits per heavy atom. The van der Waals surface area contributed by atoms with Crippen molar-refractivity contribution in [2.45, 2.75) is 11.3 Å². The summed E-state index contributed by atoms with van der Waals surface area (Å²) >= 11 is 10.9. The van der Waals surface area contributed by atoms with Gasteiger partial charge in [-0.2, -0.15) is 0 Å². The first-order valence-corrected chi connectivity index (χ1v) is 4.95. The summed E-state index contributed by atoms with van der Waals surface area (Å²) < 4.78 is 4.83. The molecule has 0 unspecified atom stereocenters. The number of alkyl halides is 2. The maximum absolute atomic E-state index is 5.47. The molecule has 0 aromatic carbocycles. The predicted octanol–water partition coefficient (Wildman–Crippen LogP) is 1.71. The second kappa shape index (κ2) is 6.81. The molecular weight excluding hydrogens is 219 g/mol. The molecule has 0 bridgehead atoms. The molecule has 2 fully saturated rings. The van der Waals surface area contributed by atoms with Crippen molar-refractivity contribution in [3.8, 4) is 0 Å². The van der Waals surface area contributed by atoms with Gasteiger partial charge in [-0.15, -0.1) is 23.2 Å². The standard InChI is InChI=1S/C4H6Cl2O.C3H6O3/c5-4(6)3-1-7-2-3;1-2-4-6-5-3-1/h3-4H,1-2H2;1-3H2. The maximum atomic E-state index is 5.47. The first-order valence-electron chi connectivity index (χ1n) is 4.07. The van der Waals surface area contributed by atoms with E-state index in [9.17, 15) is 0 Å². The second-order valence-corrected chi connectivity index (χ2v) is 3.86. The van der Waals surface area contributed by atoms with Crippen molar-refractivity contribution in [2.24, 2.45) is 5.92 Å². The summed E-state index contributed by atoms with van der Waals surface area (Å²) in [5.74, 6) is 0.392. The van der Waals surface area contributed by atoms with Crippen LogP contribution >= 0.6 is 23.2 Å². The van der Waals surface area contributed by atoms with Crippen LogP contribution in [0.25, 0.3) is 0 Å². The molecule has 0 radical (unpaired) electrons. The fourth-order valence-electron chi connectivity index (χ4n) is 0.678. The van der Waals surface area contributed by atoms with E-state index in [4.69, 9.17) is 27.9 Å². The molecule has 4 nitrogen and oxygen atoms in total. The highest BCUT2D eigenvalue weighted by atomic mass is 35.5. The van der Waals surface area contributed by atoms with Crippen LogP contribution in [-0.4, -0.2) is 31.3 Å². The Morgan fingerprint density at radius 1 is 1.08 bits per heavy atom. The quantitative estimate of drug-likeness (QED) is 0.508. The van der Waals surface area contributed by atoms with E-state index in [1.54, 1.807) is 0 Å². The number of halogens is 2. The highest BCUT2D eigenvalue weighted by Crippen LogP contribution is 2.21. The van der Waals surface area contributed by atoms with Crippen LogP contribution < -0.4 is 0 Å². The smallest absolute Gasteiger partial charge is 0.115 e. The van der Waals surface area contributed by atoms with Gasteiger partial charge in [0.15, 0.2) is 0 Å². The van der Waals surface area contributed by atoms with Gasteiger partial charge in [-0.25, -0.2) is 9.78 Å². The summed E-state index contributed by atoms with van der Waals surface area (Å²) in [6.45, 7) is 2.77. The lowest BCUT2D eigenvalue weighted by atomic mass is 10.1. The van der Waals surface area contributed by atoms with Crippen LogP contribution in [0.2, 0.25) is 0 Å². The molecule has 2 saturated heterocycles. The second-order valence-electron chi connectivity index (χ2n) is 2.70. The largest absolute Gasteiger partial charge is 0.380 e. The van der Waals surface area contributed by atoms with Gasteiger partial charge in [0.2, 0.25) is 0 Å². The van der Waals surface area contributed by atoms with Crippen LogP contribution in [0, 0.1) is 5.92 Å². The highest BCUT2D eigenvalue weighted by Gasteiger charge is 2.24. The number of ether oxygens (including phenoxy) is 1. The van der Waals surface area contributed by atoms with Crippen LogP contribution in [0.4, 0.5) is 0 Å². The number of hydrogen-bond donors (Lipinski definition) is 0. The summed E-state index contributed by atoms with van der Waals surface area (Å²) in [6, 6.07) is 0. The van der Waals surface area contributed by atoms with Gasteiger partial charge < -0.3 is 4.74 Å². The van der Waals surface area contributed by atoms with Gasteiger partial charge >= 0.3 is 0 Å². The van der Waals surface area contributed by atoms with E-state index in [-0.39, 0.29) is 4.84 Å². The maximum Gasteiger partial charge on any atom is 0.115 e. The average molecular weight is 231 g/mol. The van der Waals surface area contributed by atoms with Crippen LogP contribution in [-0.2, 0) is 19.6 Å². The minimum atomic E-state index is -0.228.